The van der Waals surface area contributed by atoms with Gasteiger partial charge in [-0.15, -0.1) is 11.3 Å². The Kier molecular flexibility index (Phi) is 6.18. The summed E-state index contributed by atoms with van der Waals surface area (Å²) in [5.41, 5.74) is 0. The Bertz CT molecular complexity index is 754. The van der Waals surface area contributed by atoms with Gasteiger partial charge in [0.2, 0.25) is 0 Å². The van der Waals surface area contributed by atoms with E-state index in [1.54, 1.807) is 30.1 Å². The lowest BCUT2D eigenvalue weighted by atomic mass is 10.2. The largest absolute Gasteiger partial charge is 0.459 e. The number of furan rings is 1. The van der Waals surface area contributed by atoms with E-state index in [-0.39, 0.29) is 5.91 Å². The number of aliphatic hydroxyl groups is 1. The van der Waals surface area contributed by atoms with Crippen LogP contribution < -0.4 is 5.32 Å². The maximum Gasteiger partial charge on any atom is 0.289 e. The third-order valence-electron chi connectivity index (χ3n) is 4.19. The molecule has 0 aromatic carbocycles. The van der Waals surface area contributed by atoms with Crippen molar-refractivity contribution >= 4 is 34.8 Å². The summed E-state index contributed by atoms with van der Waals surface area (Å²) in [6, 6.07) is 6.98. The van der Waals surface area contributed by atoms with E-state index in [0.717, 1.165) is 4.88 Å². The second kappa shape index (κ2) is 8.57. The molecule has 7 nitrogen and oxygen atoms in total. The summed E-state index contributed by atoms with van der Waals surface area (Å²) in [5.74, 6) is 0.970. The molecule has 2 aromatic rings. The van der Waals surface area contributed by atoms with Gasteiger partial charge in [-0.25, -0.2) is 0 Å². The van der Waals surface area contributed by atoms with Crippen molar-refractivity contribution in [1.29, 1.82) is 0 Å². The smallest absolute Gasteiger partial charge is 0.289 e. The molecule has 1 aliphatic heterocycles. The lowest BCUT2D eigenvalue weighted by Crippen LogP contribution is -2.54. The number of hydrogen-bond donors (Lipinski definition) is 2. The Labute approximate surface area is 160 Å². The van der Waals surface area contributed by atoms with Gasteiger partial charge < -0.3 is 24.6 Å². The molecule has 1 unspecified atom stereocenters. The number of halogens is 1. The fourth-order valence-electron chi connectivity index (χ4n) is 2.81. The highest BCUT2D eigenvalue weighted by Gasteiger charge is 2.25. The van der Waals surface area contributed by atoms with Crippen LogP contribution in [0.25, 0.3) is 0 Å². The molecule has 1 amide bonds. The molecule has 1 fully saturated rings. The van der Waals surface area contributed by atoms with Crippen LogP contribution in [0.5, 0.6) is 0 Å². The first kappa shape index (κ1) is 18.8. The van der Waals surface area contributed by atoms with Crippen molar-refractivity contribution in [2.75, 3.05) is 39.8 Å². The van der Waals surface area contributed by atoms with Gasteiger partial charge in [0.1, 0.15) is 6.10 Å². The number of nitrogens with one attached hydrogen (secondary N) is 1. The minimum Gasteiger partial charge on any atom is -0.459 e. The van der Waals surface area contributed by atoms with E-state index in [1.807, 2.05) is 6.07 Å². The number of carbonyl (C=O) groups is 1. The van der Waals surface area contributed by atoms with Crippen molar-refractivity contribution in [1.82, 2.24) is 15.1 Å². The number of carbonyl (C=O) groups excluding carboxylic acids is 1. The molecule has 0 radical (unpaired) electrons. The summed E-state index contributed by atoms with van der Waals surface area (Å²) in [6.45, 7) is 2.84. The van der Waals surface area contributed by atoms with Crippen LogP contribution in [-0.2, 0) is 0 Å². The Morgan fingerprint density at radius 2 is 2.08 bits per heavy atom. The molecular formula is C17H21ClN4O3S. The summed E-state index contributed by atoms with van der Waals surface area (Å²) in [4.78, 5) is 21.2. The molecule has 0 saturated carbocycles. The zero-order valence-corrected chi connectivity index (χ0v) is 16.0. The van der Waals surface area contributed by atoms with Gasteiger partial charge in [-0.05, 0) is 24.3 Å². The van der Waals surface area contributed by atoms with E-state index in [2.05, 4.69) is 15.2 Å². The average Bonchev–Trinajstić information content (AvgIpc) is 3.34. The fourth-order valence-corrected chi connectivity index (χ4v) is 3.85. The van der Waals surface area contributed by atoms with Crippen molar-refractivity contribution in [2.45, 2.75) is 6.10 Å². The van der Waals surface area contributed by atoms with E-state index in [0.29, 0.717) is 48.8 Å². The van der Waals surface area contributed by atoms with Crippen molar-refractivity contribution in [3.05, 3.63) is 45.5 Å². The summed E-state index contributed by atoms with van der Waals surface area (Å²) in [7, 11) is 1.71. The second-order valence-electron chi connectivity index (χ2n) is 5.84. The Morgan fingerprint density at radius 3 is 2.65 bits per heavy atom. The predicted molar refractivity (Wildman–Crippen MR) is 102 cm³/mol. The van der Waals surface area contributed by atoms with Gasteiger partial charge in [0.15, 0.2) is 11.7 Å². The molecule has 1 aliphatic rings. The number of hydrogen-bond acceptors (Lipinski definition) is 5. The number of amides is 1. The zero-order chi connectivity index (χ0) is 18.5. The lowest BCUT2D eigenvalue weighted by molar-refractivity contribution is 0.0657. The number of aliphatic hydroxyl groups excluding tert-OH is 1. The number of aliphatic imine (C=N–C) groups is 1. The van der Waals surface area contributed by atoms with Crippen LogP contribution in [0.1, 0.15) is 21.5 Å². The highest BCUT2D eigenvalue weighted by Crippen LogP contribution is 2.26. The van der Waals surface area contributed by atoms with Gasteiger partial charge in [-0.2, -0.15) is 0 Å². The molecule has 0 aliphatic carbocycles. The van der Waals surface area contributed by atoms with Crippen LogP contribution >= 0.6 is 22.9 Å². The summed E-state index contributed by atoms with van der Waals surface area (Å²) in [5, 5.41) is 13.4. The first-order valence-electron chi connectivity index (χ1n) is 8.30. The molecule has 1 saturated heterocycles. The van der Waals surface area contributed by atoms with Crippen LogP contribution in [0.2, 0.25) is 4.34 Å². The van der Waals surface area contributed by atoms with Crippen LogP contribution in [-0.4, -0.2) is 66.5 Å². The summed E-state index contributed by atoms with van der Waals surface area (Å²) >= 11 is 7.27. The van der Waals surface area contributed by atoms with Crippen molar-refractivity contribution in [3.8, 4) is 0 Å². The number of thiophene rings is 1. The van der Waals surface area contributed by atoms with Gasteiger partial charge >= 0.3 is 0 Å². The SMILES string of the molecule is CN=C(NCC(O)c1ccc(Cl)s1)N1CCN(C(=O)c2ccco2)CC1. The number of nitrogens with zero attached hydrogens (tertiary/aromatic N) is 3. The number of piperazine rings is 1. The molecule has 1 atom stereocenters. The van der Waals surface area contributed by atoms with E-state index < -0.39 is 6.10 Å². The van der Waals surface area contributed by atoms with E-state index >= 15 is 0 Å². The minimum atomic E-state index is -0.647. The molecule has 9 heteroatoms. The van der Waals surface area contributed by atoms with Gasteiger partial charge in [-0.1, -0.05) is 11.6 Å². The highest BCUT2D eigenvalue weighted by atomic mass is 35.5. The standard InChI is InChI=1S/C17H21ClN4O3S/c1-19-17(20-11-12(23)14-4-5-15(18)26-14)22-8-6-21(7-9-22)16(24)13-3-2-10-25-13/h2-5,10,12,23H,6-9,11H2,1H3,(H,19,20). The fraction of sp³-hybridized carbons (Fsp3) is 0.412. The molecule has 2 aromatic heterocycles. The third kappa shape index (κ3) is 4.38. The van der Waals surface area contributed by atoms with E-state index in [9.17, 15) is 9.90 Å². The molecule has 2 N–H and O–H groups in total. The Morgan fingerprint density at radius 1 is 1.35 bits per heavy atom. The molecule has 140 valence electrons. The summed E-state index contributed by atoms with van der Waals surface area (Å²) in [6.07, 6.45) is 0.854. The normalized spacial score (nSPS) is 16.7. The topological polar surface area (TPSA) is 81.3 Å². The van der Waals surface area contributed by atoms with Gasteiger partial charge in [0.05, 0.1) is 10.6 Å². The van der Waals surface area contributed by atoms with E-state index in [4.69, 9.17) is 16.0 Å². The zero-order valence-electron chi connectivity index (χ0n) is 14.4. The van der Waals surface area contributed by atoms with Crippen molar-refractivity contribution in [3.63, 3.8) is 0 Å². The quantitative estimate of drug-likeness (QED) is 0.610. The molecule has 0 bridgehead atoms. The van der Waals surface area contributed by atoms with Gasteiger partial charge in [0.25, 0.3) is 5.91 Å². The number of guanidine groups is 1. The second-order valence-corrected chi connectivity index (χ2v) is 7.59. The average molecular weight is 397 g/mol. The number of rotatable bonds is 4. The summed E-state index contributed by atoms with van der Waals surface area (Å²) < 4.78 is 5.83. The van der Waals surface area contributed by atoms with Gasteiger partial charge in [-0.3, -0.25) is 9.79 Å². The highest BCUT2D eigenvalue weighted by molar-refractivity contribution is 7.16. The first-order chi connectivity index (χ1) is 12.6. The third-order valence-corrected chi connectivity index (χ3v) is 5.52. The molecular weight excluding hydrogens is 376 g/mol. The Balaban J connectivity index is 1.50. The first-order valence-corrected chi connectivity index (χ1v) is 9.49. The molecule has 3 heterocycles. The maximum absolute atomic E-state index is 12.3. The van der Waals surface area contributed by atoms with Crippen LogP contribution in [0, 0.1) is 0 Å². The maximum atomic E-state index is 12.3. The minimum absolute atomic E-state index is 0.0948. The monoisotopic (exact) mass is 396 g/mol. The van der Waals surface area contributed by atoms with E-state index in [1.165, 1.54) is 17.6 Å². The predicted octanol–water partition coefficient (Wildman–Crippen LogP) is 2.06. The van der Waals surface area contributed by atoms with Crippen LogP contribution in [0.15, 0.2) is 39.9 Å². The van der Waals surface area contributed by atoms with Crippen molar-refractivity contribution < 1.29 is 14.3 Å². The van der Waals surface area contributed by atoms with Crippen molar-refractivity contribution in [2.24, 2.45) is 4.99 Å². The molecule has 26 heavy (non-hydrogen) atoms. The van der Waals surface area contributed by atoms with Crippen LogP contribution in [0.4, 0.5) is 0 Å². The lowest BCUT2D eigenvalue weighted by Gasteiger charge is -2.36. The van der Waals surface area contributed by atoms with Crippen LogP contribution in [0.3, 0.4) is 0 Å². The van der Waals surface area contributed by atoms with Gasteiger partial charge in [0, 0.05) is 44.6 Å². The molecule has 0 spiro atoms. The molecule has 3 rings (SSSR count). The Hall–Kier alpha value is -2.03.